The molecule has 1 unspecified atom stereocenters. The molecule has 78 valence electrons. The molecule has 0 aromatic heterocycles. The summed E-state index contributed by atoms with van der Waals surface area (Å²) in [6.45, 7) is 3.53. The van der Waals surface area contributed by atoms with E-state index in [1.807, 2.05) is 18.2 Å². The van der Waals surface area contributed by atoms with E-state index >= 15 is 0 Å². The maximum atomic E-state index is 11.0. The third kappa shape index (κ3) is 1.80. The zero-order chi connectivity index (χ0) is 10.8. The van der Waals surface area contributed by atoms with Crippen molar-refractivity contribution in [2.24, 2.45) is 0 Å². The molecular weight excluding hydrogens is 188 g/mol. The summed E-state index contributed by atoms with van der Waals surface area (Å²) in [4.78, 5) is 11.0. The van der Waals surface area contributed by atoms with Crippen LogP contribution < -0.4 is 0 Å². The SMILES string of the molecule is CCC1=Cc2ccccc2C1OC(C)=O. The second-order valence-electron chi connectivity index (χ2n) is 3.69. The zero-order valence-corrected chi connectivity index (χ0v) is 8.99. The van der Waals surface area contributed by atoms with Crippen molar-refractivity contribution in [2.75, 3.05) is 0 Å². The molecule has 0 saturated heterocycles. The summed E-state index contributed by atoms with van der Waals surface area (Å²) in [6.07, 6.45) is 2.86. The third-order valence-electron chi connectivity index (χ3n) is 2.65. The van der Waals surface area contributed by atoms with Gasteiger partial charge in [-0.2, -0.15) is 0 Å². The van der Waals surface area contributed by atoms with E-state index in [9.17, 15) is 4.79 Å². The first-order valence-corrected chi connectivity index (χ1v) is 5.19. The molecule has 1 aliphatic carbocycles. The second-order valence-corrected chi connectivity index (χ2v) is 3.69. The molecule has 15 heavy (non-hydrogen) atoms. The van der Waals surface area contributed by atoms with Crippen molar-refractivity contribution in [3.8, 4) is 0 Å². The van der Waals surface area contributed by atoms with Crippen LogP contribution >= 0.6 is 0 Å². The molecule has 0 bridgehead atoms. The highest BCUT2D eigenvalue weighted by atomic mass is 16.5. The van der Waals surface area contributed by atoms with Crippen molar-refractivity contribution in [3.63, 3.8) is 0 Å². The highest BCUT2D eigenvalue weighted by molar-refractivity contribution is 5.71. The van der Waals surface area contributed by atoms with Crippen LogP contribution in [0.25, 0.3) is 6.08 Å². The lowest BCUT2D eigenvalue weighted by Crippen LogP contribution is -2.08. The molecule has 0 saturated carbocycles. The van der Waals surface area contributed by atoms with Gasteiger partial charge >= 0.3 is 5.97 Å². The van der Waals surface area contributed by atoms with E-state index in [2.05, 4.69) is 19.1 Å². The monoisotopic (exact) mass is 202 g/mol. The summed E-state index contributed by atoms with van der Waals surface area (Å²) < 4.78 is 5.33. The molecule has 2 heteroatoms. The lowest BCUT2D eigenvalue weighted by Gasteiger charge is -2.15. The Morgan fingerprint density at radius 3 is 2.80 bits per heavy atom. The molecule has 0 fully saturated rings. The standard InChI is InChI=1S/C13H14O2/c1-3-10-8-11-6-4-5-7-12(11)13(10)15-9(2)14/h4-8,13H,3H2,1-2H3. The molecule has 2 nitrogen and oxygen atoms in total. The molecule has 0 heterocycles. The number of carbonyl (C=O) groups excluding carboxylic acids is 1. The van der Waals surface area contributed by atoms with Gasteiger partial charge in [-0.1, -0.05) is 37.3 Å². The summed E-state index contributed by atoms with van der Waals surface area (Å²) in [5.41, 5.74) is 3.44. The summed E-state index contributed by atoms with van der Waals surface area (Å²) in [6, 6.07) is 8.04. The molecule has 0 N–H and O–H groups in total. The van der Waals surface area contributed by atoms with Crippen molar-refractivity contribution >= 4 is 12.0 Å². The van der Waals surface area contributed by atoms with E-state index in [4.69, 9.17) is 4.74 Å². The van der Waals surface area contributed by atoms with Crippen LogP contribution in [-0.2, 0) is 9.53 Å². The van der Waals surface area contributed by atoms with Gasteiger partial charge < -0.3 is 4.74 Å². The van der Waals surface area contributed by atoms with Gasteiger partial charge in [0.15, 0.2) is 0 Å². The predicted molar refractivity (Wildman–Crippen MR) is 59.2 cm³/mol. The highest BCUT2D eigenvalue weighted by Crippen LogP contribution is 2.38. The Labute approximate surface area is 89.6 Å². The smallest absolute Gasteiger partial charge is 0.303 e. The number of benzene rings is 1. The summed E-state index contributed by atoms with van der Waals surface area (Å²) in [7, 11) is 0. The number of hydrogen-bond donors (Lipinski definition) is 0. The fourth-order valence-electron chi connectivity index (χ4n) is 1.95. The Hall–Kier alpha value is -1.57. The minimum Gasteiger partial charge on any atom is -0.453 e. The number of fused-ring (bicyclic) bond motifs is 1. The fraction of sp³-hybridized carbons (Fsp3) is 0.308. The lowest BCUT2D eigenvalue weighted by atomic mass is 10.1. The first kappa shape index (κ1) is 9.97. The molecule has 0 amide bonds. The fourth-order valence-corrected chi connectivity index (χ4v) is 1.95. The molecule has 1 aromatic rings. The van der Waals surface area contributed by atoms with Crippen molar-refractivity contribution < 1.29 is 9.53 Å². The Kier molecular flexibility index (Phi) is 2.58. The van der Waals surface area contributed by atoms with Crippen LogP contribution in [0.4, 0.5) is 0 Å². The van der Waals surface area contributed by atoms with Crippen molar-refractivity contribution in [1.82, 2.24) is 0 Å². The van der Waals surface area contributed by atoms with Crippen LogP contribution in [0.15, 0.2) is 29.8 Å². The predicted octanol–water partition coefficient (Wildman–Crippen LogP) is 3.10. The van der Waals surface area contributed by atoms with Crippen LogP contribution in [0.5, 0.6) is 0 Å². The maximum Gasteiger partial charge on any atom is 0.303 e. The van der Waals surface area contributed by atoms with E-state index < -0.39 is 0 Å². The third-order valence-corrected chi connectivity index (χ3v) is 2.65. The number of carbonyl (C=O) groups is 1. The van der Waals surface area contributed by atoms with Gasteiger partial charge in [0.2, 0.25) is 0 Å². The van der Waals surface area contributed by atoms with Gasteiger partial charge in [0, 0.05) is 12.5 Å². The number of esters is 1. The second kappa shape index (κ2) is 3.89. The topological polar surface area (TPSA) is 26.3 Å². The normalized spacial score (nSPS) is 18.3. The largest absolute Gasteiger partial charge is 0.453 e. The molecule has 1 atom stereocenters. The van der Waals surface area contributed by atoms with Gasteiger partial charge in [-0.25, -0.2) is 0 Å². The van der Waals surface area contributed by atoms with E-state index in [1.54, 1.807) is 0 Å². The minimum atomic E-state index is -0.226. The van der Waals surface area contributed by atoms with Gasteiger partial charge in [-0.15, -0.1) is 0 Å². The summed E-state index contributed by atoms with van der Waals surface area (Å²) >= 11 is 0. The van der Waals surface area contributed by atoms with Gasteiger partial charge in [0.25, 0.3) is 0 Å². The van der Waals surface area contributed by atoms with Gasteiger partial charge in [-0.05, 0) is 17.6 Å². The number of hydrogen-bond acceptors (Lipinski definition) is 2. The highest BCUT2D eigenvalue weighted by Gasteiger charge is 2.25. The van der Waals surface area contributed by atoms with Crippen LogP contribution in [0.2, 0.25) is 0 Å². The van der Waals surface area contributed by atoms with Crippen LogP contribution in [0.3, 0.4) is 0 Å². The molecule has 2 rings (SSSR count). The van der Waals surface area contributed by atoms with Crippen LogP contribution in [-0.4, -0.2) is 5.97 Å². The Balaban J connectivity index is 2.36. The molecule has 0 radical (unpaired) electrons. The Bertz CT molecular complexity index is 418. The average Bonchev–Trinajstić information content (AvgIpc) is 2.56. The van der Waals surface area contributed by atoms with E-state index in [1.165, 1.54) is 18.1 Å². The Morgan fingerprint density at radius 1 is 1.40 bits per heavy atom. The Morgan fingerprint density at radius 2 is 2.13 bits per heavy atom. The first-order valence-electron chi connectivity index (χ1n) is 5.19. The number of rotatable bonds is 2. The quantitative estimate of drug-likeness (QED) is 0.689. The van der Waals surface area contributed by atoms with Crippen LogP contribution in [0.1, 0.15) is 37.5 Å². The van der Waals surface area contributed by atoms with Crippen molar-refractivity contribution in [3.05, 3.63) is 41.0 Å². The van der Waals surface area contributed by atoms with E-state index in [0.717, 1.165) is 12.0 Å². The van der Waals surface area contributed by atoms with E-state index in [0.29, 0.717) is 0 Å². The van der Waals surface area contributed by atoms with Gasteiger partial charge in [-0.3, -0.25) is 4.79 Å². The molecule has 1 aromatic carbocycles. The summed E-state index contributed by atoms with van der Waals surface area (Å²) in [5.74, 6) is -0.226. The molecule has 0 spiro atoms. The molecular formula is C13H14O2. The van der Waals surface area contributed by atoms with Crippen molar-refractivity contribution in [2.45, 2.75) is 26.4 Å². The number of ether oxygens (including phenoxy) is 1. The van der Waals surface area contributed by atoms with Crippen molar-refractivity contribution in [1.29, 1.82) is 0 Å². The average molecular weight is 202 g/mol. The molecule has 1 aliphatic rings. The van der Waals surface area contributed by atoms with E-state index in [-0.39, 0.29) is 12.1 Å². The first-order chi connectivity index (χ1) is 7.22. The zero-order valence-electron chi connectivity index (χ0n) is 8.99. The summed E-state index contributed by atoms with van der Waals surface area (Å²) in [5, 5.41) is 0. The van der Waals surface area contributed by atoms with Gasteiger partial charge in [0.1, 0.15) is 6.10 Å². The molecule has 0 aliphatic heterocycles. The van der Waals surface area contributed by atoms with Crippen LogP contribution in [0, 0.1) is 0 Å². The van der Waals surface area contributed by atoms with Gasteiger partial charge in [0.05, 0.1) is 0 Å². The lowest BCUT2D eigenvalue weighted by molar-refractivity contribution is -0.144. The minimum absolute atomic E-state index is 0.163. The maximum absolute atomic E-state index is 11.0.